The first-order chi connectivity index (χ1) is 15.7. The van der Waals surface area contributed by atoms with Crippen LogP contribution in [0, 0.1) is 0 Å². The van der Waals surface area contributed by atoms with Crippen LogP contribution in [0.3, 0.4) is 0 Å². The van der Waals surface area contributed by atoms with Crippen LogP contribution in [0.2, 0.25) is 0 Å². The molecule has 1 saturated heterocycles. The molecule has 0 spiro atoms. The molecule has 33 heavy (non-hydrogen) atoms. The molecule has 5 rings (SSSR count). The number of ether oxygens (including phenoxy) is 1. The molecule has 0 bridgehead atoms. The van der Waals surface area contributed by atoms with Gasteiger partial charge in [0.2, 0.25) is 0 Å². The number of amides is 2. The predicted octanol–water partition coefficient (Wildman–Crippen LogP) is 3.18. The number of fused-ring (bicyclic) bond motifs is 2. The Hall–Kier alpha value is -3.03. The molecule has 4 heterocycles. The van der Waals surface area contributed by atoms with E-state index in [0.717, 1.165) is 49.7 Å². The van der Waals surface area contributed by atoms with Crippen LogP contribution in [0.15, 0.2) is 21.3 Å². The Balaban J connectivity index is 1.39. The molecule has 8 heteroatoms. The van der Waals surface area contributed by atoms with Gasteiger partial charge in [0.15, 0.2) is 0 Å². The van der Waals surface area contributed by atoms with E-state index < -0.39 is 11.2 Å². The van der Waals surface area contributed by atoms with E-state index in [1.165, 1.54) is 11.3 Å². The van der Waals surface area contributed by atoms with E-state index >= 15 is 0 Å². The molecule has 0 saturated carbocycles. The van der Waals surface area contributed by atoms with Crippen LogP contribution in [0.5, 0.6) is 0 Å². The molecule has 0 atom stereocenters. The largest absolute Gasteiger partial charge is 0.444 e. The maximum Gasteiger partial charge on any atom is 0.410 e. The summed E-state index contributed by atoms with van der Waals surface area (Å²) in [6, 6.07) is 3.79. The van der Waals surface area contributed by atoms with Crippen molar-refractivity contribution in [1.29, 1.82) is 0 Å². The summed E-state index contributed by atoms with van der Waals surface area (Å²) < 4.78 is 11.2. The first-order valence-electron chi connectivity index (χ1n) is 11.9. The molecular weight excluding hydrogens is 422 g/mol. The molecule has 2 amide bonds. The molecule has 0 N–H and O–H groups in total. The standard InChI is InChI=1S/C25H31N3O5/c1-25(2,3)33-24(31)28-12-10-27(11-13-28)22(29)19-15-17-14-16-6-4-8-26-9-5-7-18(20(16)26)21(17)32-23(19)30/h14-15H,4-13H2,1-3H3. The van der Waals surface area contributed by atoms with E-state index in [2.05, 4.69) is 11.0 Å². The van der Waals surface area contributed by atoms with E-state index in [-0.39, 0.29) is 17.6 Å². The third-order valence-corrected chi connectivity index (χ3v) is 6.66. The van der Waals surface area contributed by atoms with Crippen LogP contribution in [-0.2, 0) is 17.6 Å². The zero-order valence-corrected chi connectivity index (χ0v) is 19.6. The van der Waals surface area contributed by atoms with Crippen molar-refractivity contribution in [2.75, 3.05) is 44.2 Å². The molecule has 0 radical (unpaired) electrons. The van der Waals surface area contributed by atoms with Crippen molar-refractivity contribution < 1.29 is 18.7 Å². The Morgan fingerprint density at radius 1 is 0.939 bits per heavy atom. The molecule has 1 fully saturated rings. The fraction of sp³-hybridized carbons (Fsp3) is 0.560. The Kier molecular flexibility index (Phi) is 5.34. The molecule has 8 nitrogen and oxygen atoms in total. The van der Waals surface area contributed by atoms with Crippen molar-refractivity contribution in [1.82, 2.24) is 9.80 Å². The highest BCUT2D eigenvalue weighted by Gasteiger charge is 2.31. The predicted molar refractivity (Wildman–Crippen MR) is 125 cm³/mol. The van der Waals surface area contributed by atoms with Crippen LogP contribution < -0.4 is 10.5 Å². The number of nitrogens with zero attached hydrogens (tertiary/aromatic N) is 3. The van der Waals surface area contributed by atoms with Crippen molar-refractivity contribution >= 4 is 28.7 Å². The number of hydrogen-bond acceptors (Lipinski definition) is 6. The van der Waals surface area contributed by atoms with Crippen molar-refractivity contribution in [3.8, 4) is 0 Å². The van der Waals surface area contributed by atoms with Crippen LogP contribution >= 0.6 is 0 Å². The lowest BCUT2D eigenvalue weighted by Gasteiger charge is -2.37. The minimum Gasteiger partial charge on any atom is -0.444 e. The third kappa shape index (κ3) is 4.07. The molecule has 176 valence electrons. The van der Waals surface area contributed by atoms with Gasteiger partial charge < -0.3 is 23.9 Å². The van der Waals surface area contributed by atoms with Gasteiger partial charge in [0.25, 0.3) is 5.91 Å². The summed E-state index contributed by atoms with van der Waals surface area (Å²) in [6.07, 6.45) is 3.66. The first kappa shape index (κ1) is 21.8. The maximum absolute atomic E-state index is 13.2. The fourth-order valence-corrected chi connectivity index (χ4v) is 5.18. The van der Waals surface area contributed by atoms with E-state index in [4.69, 9.17) is 9.15 Å². The highest BCUT2D eigenvalue weighted by atomic mass is 16.6. The Morgan fingerprint density at radius 3 is 2.30 bits per heavy atom. The lowest BCUT2D eigenvalue weighted by molar-refractivity contribution is 0.0140. The fourth-order valence-electron chi connectivity index (χ4n) is 5.18. The summed E-state index contributed by atoms with van der Waals surface area (Å²) in [7, 11) is 0. The second-order valence-electron chi connectivity index (χ2n) is 10.2. The zero-order valence-electron chi connectivity index (χ0n) is 19.6. The molecule has 1 aromatic carbocycles. The summed E-state index contributed by atoms with van der Waals surface area (Å²) in [5, 5.41) is 0.822. The third-order valence-electron chi connectivity index (χ3n) is 6.66. The number of carbonyl (C=O) groups is 2. The monoisotopic (exact) mass is 453 g/mol. The highest BCUT2D eigenvalue weighted by Crippen LogP contribution is 2.39. The lowest BCUT2D eigenvalue weighted by atomic mass is 9.90. The van der Waals surface area contributed by atoms with Gasteiger partial charge in [-0.3, -0.25) is 4.79 Å². The van der Waals surface area contributed by atoms with Gasteiger partial charge in [-0.2, -0.15) is 0 Å². The van der Waals surface area contributed by atoms with Crippen LogP contribution in [0.4, 0.5) is 10.5 Å². The first-order valence-corrected chi connectivity index (χ1v) is 11.9. The summed E-state index contributed by atoms with van der Waals surface area (Å²) >= 11 is 0. The normalized spacial score (nSPS) is 18.3. The van der Waals surface area contributed by atoms with Gasteiger partial charge in [-0.25, -0.2) is 9.59 Å². The van der Waals surface area contributed by atoms with Gasteiger partial charge in [-0.05, 0) is 64.2 Å². The van der Waals surface area contributed by atoms with Gasteiger partial charge in [-0.15, -0.1) is 0 Å². The van der Waals surface area contributed by atoms with E-state index in [0.29, 0.717) is 31.8 Å². The number of carbonyl (C=O) groups excluding carboxylic acids is 2. The summed E-state index contributed by atoms with van der Waals surface area (Å²) in [5.74, 6) is -0.345. The number of benzene rings is 1. The minimum absolute atomic E-state index is 0.0591. The van der Waals surface area contributed by atoms with E-state index in [1.807, 2.05) is 20.8 Å². The SMILES string of the molecule is CC(C)(C)OC(=O)N1CCN(C(=O)c2cc3cc4c5c(c3oc2=O)CCCN5CCC4)CC1. The topological polar surface area (TPSA) is 83.3 Å². The minimum atomic E-state index is -0.591. The molecule has 2 aromatic rings. The number of rotatable bonds is 1. The quantitative estimate of drug-likeness (QED) is 0.617. The molecule has 0 unspecified atom stereocenters. The summed E-state index contributed by atoms with van der Waals surface area (Å²) in [4.78, 5) is 44.0. The average Bonchev–Trinajstić information content (AvgIpc) is 2.78. The van der Waals surface area contributed by atoms with Crippen molar-refractivity contribution in [3.63, 3.8) is 0 Å². The van der Waals surface area contributed by atoms with E-state index in [1.54, 1.807) is 15.9 Å². The molecule has 3 aliphatic heterocycles. The van der Waals surface area contributed by atoms with Crippen LogP contribution in [-0.4, -0.2) is 66.7 Å². The Bertz CT molecular complexity index is 1170. The highest BCUT2D eigenvalue weighted by molar-refractivity contribution is 5.98. The van der Waals surface area contributed by atoms with Gasteiger partial charge >= 0.3 is 11.7 Å². The van der Waals surface area contributed by atoms with E-state index in [9.17, 15) is 14.4 Å². The number of piperazine rings is 1. The Labute approximate surface area is 193 Å². The number of aryl methyl sites for hydroxylation is 2. The van der Waals surface area contributed by atoms with Crippen molar-refractivity contribution in [2.45, 2.75) is 52.1 Å². The maximum atomic E-state index is 13.2. The van der Waals surface area contributed by atoms with Gasteiger partial charge in [-0.1, -0.05) is 0 Å². The van der Waals surface area contributed by atoms with Gasteiger partial charge in [0.05, 0.1) is 0 Å². The number of anilines is 1. The molecular formula is C25H31N3O5. The van der Waals surface area contributed by atoms with Crippen molar-refractivity contribution in [2.24, 2.45) is 0 Å². The molecule has 0 aliphatic carbocycles. The molecule has 3 aliphatic rings. The lowest BCUT2D eigenvalue weighted by Crippen LogP contribution is -2.52. The summed E-state index contributed by atoms with van der Waals surface area (Å²) in [5.41, 5.74) is 3.15. The van der Waals surface area contributed by atoms with Gasteiger partial charge in [0, 0.05) is 55.9 Å². The molecule has 1 aromatic heterocycles. The summed E-state index contributed by atoms with van der Waals surface area (Å²) in [6.45, 7) is 8.99. The second-order valence-corrected chi connectivity index (χ2v) is 10.2. The van der Waals surface area contributed by atoms with Crippen molar-refractivity contribution in [3.05, 3.63) is 39.2 Å². The van der Waals surface area contributed by atoms with Crippen LogP contribution in [0.1, 0.15) is 55.1 Å². The zero-order chi connectivity index (χ0) is 23.3. The smallest absolute Gasteiger partial charge is 0.410 e. The van der Waals surface area contributed by atoms with Gasteiger partial charge in [0.1, 0.15) is 16.7 Å². The second kappa shape index (κ2) is 8.08. The average molecular weight is 454 g/mol. The Morgan fingerprint density at radius 2 is 1.61 bits per heavy atom. The van der Waals surface area contributed by atoms with Crippen LogP contribution in [0.25, 0.3) is 11.0 Å². The number of hydrogen-bond donors (Lipinski definition) is 0.